The van der Waals surface area contributed by atoms with E-state index in [4.69, 9.17) is 33.5 Å². The third-order valence-electron chi connectivity index (χ3n) is 6.28. The van der Waals surface area contributed by atoms with Crippen LogP contribution in [0.3, 0.4) is 0 Å². The van der Waals surface area contributed by atoms with E-state index in [1.165, 1.54) is 6.33 Å². The SMILES string of the molecule is CC(C)(C)[C@H](N=C1NC(=S)N(CC#N)C12CCCC2)[C@@H](Oc1ccc(Cl)cc1)n1cncn1. The zero-order valence-corrected chi connectivity index (χ0v) is 20.6. The number of nitriles is 1. The third kappa shape index (κ3) is 4.68. The summed E-state index contributed by atoms with van der Waals surface area (Å²) in [5, 5.41) is 18.3. The number of benzene rings is 1. The van der Waals surface area contributed by atoms with E-state index in [9.17, 15) is 5.26 Å². The number of aromatic nitrogens is 3. The fourth-order valence-corrected chi connectivity index (χ4v) is 5.07. The molecule has 1 spiro atoms. The molecule has 1 N–H and O–H groups in total. The Kier molecular flexibility index (Phi) is 6.59. The quantitative estimate of drug-likeness (QED) is 0.480. The van der Waals surface area contributed by atoms with Gasteiger partial charge in [-0.3, -0.25) is 4.99 Å². The molecule has 174 valence electrons. The van der Waals surface area contributed by atoms with E-state index >= 15 is 0 Å². The second-order valence-corrected chi connectivity index (χ2v) is 10.4. The highest BCUT2D eigenvalue weighted by atomic mass is 35.5. The summed E-state index contributed by atoms with van der Waals surface area (Å²) < 4.78 is 8.12. The van der Waals surface area contributed by atoms with Gasteiger partial charge in [-0.2, -0.15) is 10.4 Å². The lowest BCUT2D eigenvalue weighted by Crippen LogP contribution is -2.49. The molecule has 0 radical (unpaired) electrons. The molecular formula is C23H28ClN7OS. The van der Waals surface area contributed by atoms with E-state index < -0.39 is 6.23 Å². The fourth-order valence-electron chi connectivity index (χ4n) is 4.61. The number of nitrogens with one attached hydrogen (secondary N) is 1. The molecule has 8 nitrogen and oxygen atoms in total. The predicted molar refractivity (Wildman–Crippen MR) is 131 cm³/mol. The highest BCUT2D eigenvalue weighted by molar-refractivity contribution is 7.80. The van der Waals surface area contributed by atoms with Gasteiger partial charge in [0.25, 0.3) is 0 Å². The summed E-state index contributed by atoms with van der Waals surface area (Å²) in [6.45, 7) is 6.61. The number of ether oxygens (including phenoxy) is 1. The summed E-state index contributed by atoms with van der Waals surface area (Å²) in [6.07, 6.45) is 6.52. The number of halogens is 1. The van der Waals surface area contributed by atoms with Crippen LogP contribution in [0.15, 0.2) is 41.9 Å². The van der Waals surface area contributed by atoms with Gasteiger partial charge in [0.1, 0.15) is 42.4 Å². The topological polar surface area (TPSA) is 91.4 Å². The Bertz CT molecular complexity index is 1050. The van der Waals surface area contributed by atoms with Crippen molar-refractivity contribution in [2.75, 3.05) is 6.54 Å². The first-order valence-electron chi connectivity index (χ1n) is 11.0. The number of amidine groups is 1. The summed E-state index contributed by atoms with van der Waals surface area (Å²) in [5.74, 6) is 1.47. The van der Waals surface area contributed by atoms with Crippen molar-refractivity contribution in [1.82, 2.24) is 25.0 Å². The molecule has 1 aromatic carbocycles. The Morgan fingerprint density at radius 3 is 2.58 bits per heavy atom. The van der Waals surface area contributed by atoms with Gasteiger partial charge in [0.15, 0.2) is 5.11 Å². The first kappa shape index (κ1) is 23.5. The van der Waals surface area contributed by atoms with E-state index in [-0.39, 0.29) is 23.5 Å². The maximum atomic E-state index is 9.42. The van der Waals surface area contributed by atoms with Crippen LogP contribution in [0.25, 0.3) is 0 Å². The second kappa shape index (κ2) is 9.27. The number of hydrogen-bond donors (Lipinski definition) is 1. The molecular weight excluding hydrogens is 458 g/mol. The first-order valence-corrected chi connectivity index (χ1v) is 11.8. The molecule has 10 heteroatoms. The number of aliphatic imine (C=N–C) groups is 1. The highest BCUT2D eigenvalue weighted by Gasteiger charge is 2.51. The first-order chi connectivity index (χ1) is 15.7. The van der Waals surface area contributed by atoms with E-state index in [2.05, 4.69) is 42.2 Å². The maximum Gasteiger partial charge on any atom is 0.215 e. The van der Waals surface area contributed by atoms with Crippen molar-refractivity contribution in [1.29, 1.82) is 5.26 Å². The summed E-state index contributed by atoms with van der Waals surface area (Å²) >= 11 is 11.7. The predicted octanol–water partition coefficient (Wildman–Crippen LogP) is 4.35. The van der Waals surface area contributed by atoms with Crippen LogP contribution in [0.1, 0.15) is 52.7 Å². The molecule has 33 heavy (non-hydrogen) atoms. The molecule has 0 bridgehead atoms. The summed E-state index contributed by atoms with van der Waals surface area (Å²) in [6, 6.07) is 9.17. The zero-order chi connectivity index (χ0) is 23.6. The molecule has 2 heterocycles. The number of nitrogens with zero attached hydrogens (tertiary/aromatic N) is 6. The van der Waals surface area contributed by atoms with Gasteiger partial charge < -0.3 is 15.0 Å². The molecule has 4 rings (SSSR count). The molecule has 1 saturated heterocycles. The largest absolute Gasteiger partial charge is 0.466 e. The van der Waals surface area contributed by atoms with Gasteiger partial charge in [0.05, 0.1) is 6.07 Å². The fraction of sp³-hybridized carbons (Fsp3) is 0.522. The minimum Gasteiger partial charge on any atom is -0.466 e. The Labute approximate surface area is 204 Å². The molecule has 1 aliphatic heterocycles. The smallest absolute Gasteiger partial charge is 0.215 e. The van der Waals surface area contributed by atoms with Gasteiger partial charge in [-0.25, -0.2) is 9.67 Å². The van der Waals surface area contributed by atoms with Crippen molar-refractivity contribution in [3.8, 4) is 11.8 Å². The molecule has 0 amide bonds. The average molecular weight is 486 g/mol. The van der Waals surface area contributed by atoms with Gasteiger partial charge in [0.2, 0.25) is 6.23 Å². The Hall–Kier alpha value is -2.70. The van der Waals surface area contributed by atoms with Crippen LogP contribution < -0.4 is 10.1 Å². The molecule has 2 aliphatic rings. The minimum absolute atomic E-state index is 0.235. The molecule has 0 unspecified atom stereocenters. The van der Waals surface area contributed by atoms with Crippen molar-refractivity contribution in [2.45, 2.75) is 64.3 Å². The van der Waals surface area contributed by atoms with Crippen molar-refractivity contribution in [2.24, 2.45) is 10.4 Å². The van der Waals surface area contributed by atoms with E-state index in [1.807, 2.05) is 17.0 Å². The Morgan fingerprint density at radius 2 is 2.00 bits per heavy atom. The van der Waals surface area contributed by atoms with Crippen LogP contribution in [-0.4, -0.2) is 48.7 Å². The summed E-state index contributed by atoms with van der Waals surface area (Å²) in [4.78, 5) is 11.4. The van der Waals surface area contributed by atoms with Gasteiger partial charge in [-0.15, -0.1) is 0 Å². The van der Waals surface area contributed by atoms with E-state index in [0.29, 0.717) is 15.9 Å². The number of thiocarbonyl (C=S) groups is 1. The summed E-state index contributed by atoms with van der Waals surface area (Å²) in [7, 11) is 0. The Morgan fingerprint density at radius 1 is 1.30 bits per heavy atom. The third-order valence-corrected chi connectivity index (χ3v) is 6.86. The zero-order valence-electron chi connectivity index (χ0n) is 19.0. The van der Waals surface area contributed by atoms with E-state index in [0.717, 1.165) is 31.5 Å². The molecule has 2 aromatic rings. The molecule has 2 atom stereocenters. The maximum absolute atomic E-state index is 9.42. The van der Waals surface area contributed by atoms with Crippen molar-refractivity contribution >= 4 is 34.8 Å². The van der Waals surface area contributed by atoms with Crippen LogP contribution >= 0.6 is 23.8 Å². The van der Waals surface area contributed by atoms with Crippen LogP contribution in [0, 0.1) is 16.7 Å². The number of rotatable bonds is 6. The average Bonchev–Trinajstić information content (AvgIpc) is 3.51. The van der Waals surface area contributed by atoms with Crippen molar-refractivity contribution in [3.63, 3.8) is 0 Å². The summed E-state index contributed by atoms with van der Waals surface area (Å²) in [5.41, 5.74) is -0.661. The molecule has 1 aromatic heterocycles. The normalized spacial score (nSPS) is 20.6. The van der Waals surface area contributed by atoms with Crippen LogP contribution in [0.5, 0.6) is 5.75 Å². The number of hydrogen-bond acceptors (Lipinski definition) is 6. The lowest BCUT2D eigenvalue weighted by atomic mass is 9.85. The highest BCUT2D eigenvalue weighted by Crippen LogP contribution is 2.41. The molecule has 1 saturated carbocycles. The van der Waals surface area contributed by atoms with Gasteiger partial charge in [0, 0.05) is 5.02 Å². The lowest BCUT2D eigenvalue weighted by molar-refractivity contribution is 0.0467. The van der Waals surface area contributed by atoms with Crippen LogP contribution in [0.4, 0.5) is 0 Å². The monoisotopic (exact) mass is 485 g/mol. The van der Waals surface area contributed by atoms with E-state index in [1.54, 1.807) is 23.1 Å². The Balaban J connectivity index is 1.77. The standard InChI is InChI=1S/C23H28ClN7OS/c1-22(2,3)18(19(31-15-26-14-27-31)32-17-8-6-16(24)7-9-17)28-20-23(10-4-5-11-23)30(13-12-25)21(33)29-20/h6-9,14-15,18-19H,4-5,10-11,13H2,1-3H3,(H,28,29,33)/t18-,19-/m1/s1. The molecule has 1 aliphatic carbocycles. The van der Waals surface area contributed by atoms with Crippen molar-refractivity contribution < 1.29 is 4.74 Å². The second-order valence-electron chi connectivity index (χ2n) is 9.54. The van der Waals surface area contributed by atoms with Crippen molar-refractivity contribution in [3.05, 3.63) is 41.9 Å². The van der Waals surface area contributed by atoms with Crippen LogP contribution in [-0.2, 0) is 0 Å². The van der Waals surface area contributed by atoms with Gasteiger partial charge >= 0.3 is 0 Å². The van der Waals surface area contributed by atoms with Gasteiger partial charge in [-0.05, 0) is 54.7 Å². The lowest BCUT2D eigenvalue weighted by Gasteiger charge is -2.37. The minimum atomic E-state index is -0.556. The van der Waals surface area contributed by atoms with Crippen LogP contribution in [0.2, 0.25) is 5.02 Å². The van der Waals surface area contributed by atoms with Gasteiger partial charge in [-0.1, -0.05) is 45.2 Å². The molecule has 2 fully saturated rings.